The average molecular weight is 449 g/mol. The Morgan fingerprint density at radius 1 is 1.19 bits per heavy atom. The number of rotatable bonds is 4. The van der Waals surface area contributed by atoms with Gasteiger partial charge in [0.05, 0.1) is 31.6 Å². The second-order valence-corrected chi connectivity index (χ2v) is 9.94. The molecule has 1 saturated carbocycles. The van der Waals surface area contributed by atoms with E-state index in [4.69, 9.17) is 9.47 Å². The molecule has 2 unspecified atom stereocenters. The molecule has 4 aliphatic rings. The van der Waals surface area contributed by atoms with E-state index >= 15 is 0 Å². The highest BCUT2D eigenvalue weighted by Gasteiger charge is 2.41. The molecular formula is C21H28N4O5S. The summed E-state index contributed by atoms with van der Waals surface area (Å²) in [7, 11) is 0. The van der Waals surface area contributed by atoms with E-state index in [-0.39, 0.29) is 36.4 Å². The summed E-state index contributed by atoms with van der Waals surface area (Å²) < 4.78 is 12.7. The Bertz CT molecular complexity index is 919. The SMILES string of the molecule is O=C(Cn1cnc2c(c1=O)C1CCCCC1S2)NCC(=O)N1CCC2(CC1)OCCO2. The maximum absolute atomic E-state index is 13.0. The first-order valence-electron chi connectivity index (χ1n) is 11.1. The van der Waals surface area contributed by atoms with Crippen LogP contribution in [0, 0.1) is 0 Å². The molecule has 0 aromatic carbocycles. The van der Waals surface area contributed by atoms with Gasteiger partial charge in [-0.3, -0.25) is 19.0 Å². The lowest BCUT2D eigenvalue weighted by atomic mass is 9.85. The van der Waals surface area contributed by atoms with Crippen LogP contribution in [0.3, 0.4) is 0 Å². The Morgan fingerprint density at radius 2 is 1.94 bits per heavy atom. The summed E-state index contributed by atoms with van der Waals surface area (Å²) in [6, 6.07) is 0. The molecule has 1 aromatic heterocycles. The molecule has 1 aliphatic carbocycles. The standard InChI is InChI=1S/C21H28N4O5S/c26-16(22-11-17(27)24-7-5-21(6-8-24)29-9-10-30-21)12-25-13-23-19-18(20(25)28)14-3-1-2-4-15(14)31-19/h13-15H,1-12H2,(H,22,26). The van der Waals surface area contributed by atoms with Crippen LogP contribution < -0.4 is 10.9 Å². The first-order valence-corrected chi connectivity index (χ1v) is 12.0. The van der Waals surface area contributed by atoms with Crippen molar-refractivity contribution in [2.75, 3.05) is 32.8 Å². The van der Waals surface area contributed by atoms with Gasteiger partial charge in [-0.1, -0.05) is 12.8 Å². The second-order valence-electron chi connectivity index (χ2n) is 8.71. The van der Waals surface area contributed by atoms with Gasteiger partial charge in [-0.2, -0.15) is 0 Å². The zero-order valence-corrected chi connectivity index (χ0v) is 18.3. The fourth-order valence-corrected chi connectivity index (χ4v) is 6.59. The van der Waals surface area contributed by atoms with Crippen molar-refractivity contribution in [2.45, 2.75) is 67.1 Å². The lowest BCUT2D eigenvalue weighted by Crippen LogP contribution is -2.50. The number of carbonyl (C=O) groups is 2. The summed E-state index contributed by atoms with van der Waals surface area (Å²) in [5.74, 6) is -0.778. The number of aromatic nitrogens is 2. The molecule has 168 valence electrons. The van der Waals surface area contributed by atoms with Gasteiger partial charge in [-0.25, -0.2) is 4.98 Å². The number of piperidine rings is 1. The summed E-state index contributed by atoms with van der Waals surface area (Å²) in [5.41, 5.74) is 0.658. The van der Waals surface area contributed by atoms with Crippen LogP contribution in [-0.4, -0.2) is 70.2 Å². The van der Waals surface area contributed by atoms with E-state index in [0.717, 1.165) is 29.9 Å². The Morgan fingerprint density at radius 3 is 2.71 bits per heavy atom. The number of thioether (sulfide) groups is 1. The number of likely N-dealkylation sites (tertiary alicyclic amines) is 1. The lowest BCUT2D eigenvalue weighted by Gasteiger charge is -2.37. The van der Waals surface area contributed by atoms with Crippen molar-refractivity contribution < 1.29 is 19.1 Å². The highest BCUT2D eigenvalue weighted by Crippen LogP contribution is 2.49. The Kier molecular flexibility index (Phi) is 5.78. The molecule has 0 bridgehead atoms. The number of amides is 2. The highest BCUT2D eigenvalue weighted by molar-refractivity contribution is 8.00. The largest absolute Gasteiger partial charge is 0.347 e. The topological polar surface area (TPSA) is 103 Å². The molecule has 31 heavy (non-hydrogen) atoms. The number of carbonyl (C=O) groups excluding carboxylic acids is 2. The molecule has 9 nitrogen and oxygen atoms in total. The fraction of sp³-hybridized carbons (Fsp3) is 0.714. The maximum Gasteiger partial charge on any atom is 0.258 e. The summed E-state index contributed by atoms with van der Waals surface area (Å²) in [4.78, 5) is 44.1. The number of hydrogen-bond donors (Lipinski definition) is 1. The first-order chi connectivity index (χ1) is 15.0. The van der Waals surface area contributed by atoms with Crippen molar-refractivity contribution in [3.05, 3.63) is 22.2 Å². The monoisotopic (exact) mass is 448 g/mol. The molecule has 2 atom stereocenters. The number of fused-ring (bicyclic) bond motifs is 3. The molecule has 5 rings (SSSR count). The molecule has 2 amide bonds. The van der Waals surface area contributed by atoms with E-state index < -0.39 is 5.79 Å². The predicted octanol–water partition coefficient (Wildman–Crippen LogP) is 0.857. The summed E-state index contributed by atoms with van der Waals surface area (Å²) in [6.45, 7) is 2.08. The van der Waals surface area contributed by atoms with Gasteiger partial charge < -0.3 is 19.7 Å². The van der Waals surface area contributed by atoms with E-state index in [2.05, 4.69) is 10.3 Å². The van der Waals surface area contributed by atoms with Crippen molar-refractivity contribution in [3.63, 3.8) is 0 Å². The summed E-state index contributed by atoms with van der Waals surface area (Å²) in [6.07, 6.45) is 7.20. The average Bonchev–Trinajstić information content (AvgIpc) is 3.39. The van der Waals surface area contributed by atoms with E-state index in [1.807, 2.05) is 0 Å². The van der Waals surface area contributed by atoms with Crippen LogP contribution in [0.5, 0.6) is 0 Å². The molecular weight excluding hydrogens is 420 g/mol. The molecule has 10 heteroatoms. The van der Waals surface area contributed by atoms with Crippen LogP contribution in [0.4, 0.5) is 0 Å². The minimum atomic E-state index is -0.530. The van der Waals surface area contributed by atoms with Gasteiger partial charge in [0.15, 0.2) is 5.79 Å². The van der Waals surface area contributed by atoms with Crippen LogP contribution in [0.1, 0.15) is 50.0 Å². The van der Waals surface area contributed by atoms with Crippen LogP contribution in [-0.2, 0) is 25.6 Å². The minimum Gasteiger partial charge on any atom is -0.347 e. The van der Waals surface area contributed by atoms with Crippen molar-refractivity contribution in [2.24, 2.45) is 0 Å². The van der Waals surface area contributed by atoms with E-state index in [1.54, 1.807) is 16.7 Å². The minimum absolute atomic E-state index is 0.0821. The molecule has 1 N–H and O–H groups in total. The van der Waals surface area contributed by atoms with Crippen molar-refractivity contribution in [1.82, 2.24) is 19.8 Å². The Hall–Kier alpha value is -1.91. The number of nitrogens with one attached hydrogen (secondary N) is 1. The van der Waals surface area contributed by atoms with Gasteiger partial charge in [0.25, 0.3) is 5.56 Å². The number of nitrogens with zero attached hydrogens (tertiary/aromatic N) is 3. The highest BCUT2D eigenvalue weighted by atomic mass is 32.2. The lowest BCUT2D eigenvalue weighted by molar-refractivity contribution is -0.187. The quantitative estimate of drug-likeness (QED) is 0.682. The van der Waals surface area contributed by atoms with Gasteiger partial charge in [0, 0.05) is 37.1 Å². The van der Waals surface area contributed by atoms with Crippen LogP contribution >= 0.6 is 11.8 Å². The fourth-order valence-electron chi connectivity index (χ4n) is 5.10. The van der Waals surface area contributed by atoms with Crippen LogP contribution in [0.15, 0.2) is 16.1 Å². The van der Waals surface area contributed by atoms with E-state index in [1.165, 1.54) is 17.3 Å². The Labute approximate surface area is 184 Å². The molecule has 0 radical (unpaired) electrons. The van der Waals surface area contributed by atoms with Gasteiger partial charge in [0.2, 0.25) is 11.8 Å². The molecule has 1 spiro atoms. The summed E-state index contributed by atoms with van der Waals surface area (Å²) >= 11 is 1.71. The third-order valence-electron chi connectivity index (χ3n) is 6.81. The van der Waals surface area contributed by atoms with Gasteiger partial charge >= 0.3 is 0 Å². The van der Waals surface area contributed by atoms with E-state index in [9.17, 15) is 14.4 Å². The van der Waals surface area contributed by atoms with Crippen molar-refractivity contribution in [1.29, 1.82) is 0 Å². The van der Waals surface area contributed by atoms with Crippen molar-refractivity contribution in [3.8, 4) is 0 Å². The molecule has 3 aliphatic heterocycles. The third-order valence-corrected chi connectivity index (χ3v) is 8.23. The number of hydrogen-bond acceptors (Lipinski definition) is 7. The molecule has 1 aromatic rings. The smallest absolute Gasteiger partial charge is 0.258 e. The molecule has 3 fully saturated rings. The van der Waals surface area contributed by atoms with Crippen LogP contribution in [0.2, 0.25) is 0 Å². The van der Waals surface area contributed by atoms with Crippen LogP contribution in [0.25, 0.3) is 0 Å². The normalized spacial score (nSPS) is 26.5. The third kappa shape index (κ3) is 4.12. The number of ether oxygens (including phenoxy) is 2. The van der Waals surface area contributed by atoms with Gasteiger partial charge in [0.1, 0.15) is 11.6 Å². The molecule has 2 saturated heterocycles. The maximum atomic E-state index is 13.0. The van der Waals surface area contributed by atoms with Crippen molar-refractivity contribution >= 4 is 23.6 Å². The van der Waals surface area contributed by atoms with E-state index in [0.29, 0.717) is 44.4 Å². The zero-order valence-electron chi connectivity index (χ0n) is 17.5. The Balaban J connectivity index is 1.15. The summed E-state index contributed by atoms with van der Waals surface area (Å²) in [5, 5.41) is 3.92. The second kappa shape index (κ2) is 8.55. The van der Waals surface area contributed by atoms with Gasteiger partial charge in [-0.05, 0) is 12.8 Å². The first kappa shape index (κ1) is 21.0. The molecule has 4 heterocycles. The zero-order chi connectivity index (χ0) is 21.4. The predicted molar refractivity (Wildman–Crippen MR) is 113 cm³/mol. The van der Waals surface area contributed by atoms with Gasteiger partial charge in [-0.15, -0.1) is 11.8 Å².